The normalized spacial score (nSPS) is 18.1. The largest absolute Gasteiger partial charge is 0.496 e. The quantitative estimate of drug-likeness (QED) is 0.646. The molecule has 23 heavy (non-hydrogen) atoms. The molecule has 1 aliphatic heterocycles. The highest BCUT2D eigenvalue weighted by atomic mass is 16.5. The third-order valence-corrected chi connectivity index (χ3v) is 4.12. The van der Waals surface area contributed by atoms with Crippen LogP contribution in [0.5, 0.6) is 5.75 Å². The second-order valence-electron chi connectivity index (χ2n) is 6.08. The standard InChI is InChI=1S/C18H29N3O2/c1-5-19-18(21(3)12-16-8-9-23-13-16)20-11-15-6-7-17(22-4)14(2)10-15/h6-7,10,16H,5,8-9,11-13H2,1-4H3,(H,19,20). The molecule has 1 aromatic carbocycles. The van der Waals surface area contributed by atoms with Gasteiger partial charge >= 0.3 is 0 Å². The Morgan fingerprint density at radius 2 is 2.30 bits per heavy atom. The molecule has 0 amide bonds. The van der Waals surface area contributed by atoms with Gasteiger partial charge in [-0.15, -0.1) is 0 Å². The summed E-state index contributed by atoms with van der Waals surface area (Å²) < 4.78 is 10.8. The van der Waals surface area contributed by atoms with Gasteiger partial charge in [-0.1, -0.05) is 12.1 Å². The molecular formula is C18H29N3O2. The lowest BCUT2D eigenvalue weighted by atomic mass is 10.1. The Balaban J connectivity index is 2.00. The molecule has 1 aromatic rings. The highest BCUT2D eigenvalue weighted by molar-refractivity contribution is 5.79. The lowest BCUT2D eigenvalue weighted by Gasteiger charge is -2.24. The van der Waals surface area contributed by atoms with Gasteiger partial charge in [0.1, 0.15) is 5.75 Å². The van der Waals surface area contributed by atoms with Crippen molar-refractivity contribution < 1.29 is 9.47 Å². The van der Waals surface area contributed by atoms with Crippen molar-refractivity contribution in [1.82, 2.24) is 10.2 Å². The van der Waals surface area contributed by atoms with Crippen LogP contribution < -0.4 is 10.1 Å². The summed E-state index contributed by atoms with van der Waals surface area (Å²) in [5.74, 6) is 2.47. The summed E-state index contributed by atoms with van der Waals surface area (Å²) in [5.41, 5.74) is 2.33. The molecule has 0 bridgehead atoms. The SMILES string of the molecule is CCNC(=NCc1ccc(OC)c(C)c1)N(C)CC1CCOC1. The first-order chi connectivity index (χ1) is 11.1. The van der Waals surface area contributed by atoms with E-state index in [1.54, 1.807) is 7.11 Å². The Labute approximate surface area is 139 Å². The van der Waals surface area contributed by atoms with Crippen LogP contribution in [0.2, 0.25) is 0 Å². The Hall–Kier alpha value is -1.75. The molecule has 2 rings (SSSR count). The predicted octanol–water partition coefficient (Wildman–Crippen LogP) is 2.44. The highest BCUT2D eigenvalue weighted by Crippen LogP contribution is 2.19. The second kappa shape index (κ2) is 8.77. The fourth-order valence-corrected chi connectivity index (χ4v) is 2.88. The Morgan fingerprint density at radius 3 is 2.91 bits per heavy atom. The fourth-order valence-electron chi connectivity index (χ4n) is 2.88. The number of aryl methyl sites for hydroxylation is 1. The maximum Gasteiger partial charge on any atom is 0.193 e. The number of benzene rings is 1. The van der Waals surface area contributed by atoms with E-state index in [2.05, 4.69) is 43.2 Å². The number of rotatable bonds is 6. The van der Waals surface area contributed by atoms with E-state index in [1.807, 2.05) is 6.07 Å². The molecule has 1 atom stereocenters. The molecule has 0 aromatic heterocycles. The summed E-state index contributed by atoms with van der Waals surface area (Å²) in [6, 6.07) is 6.22. The van der Waals surface area contributed by atoms with Crippen molar-refractivity contribution in [2.45, 2.75) is 26.8 Å². The van der Waals surface area contributed by atoms with Crippen molar-refractivity contribution in [3.63, 3.8) is 0 Å². The number of ether oxygens (including phenoxy) is 2. The monoisotopic (exact) mass is 319 g/mol. The topological polar surface area (TPSA) is 46.1 Å². The minimum absolute atomic E-state index is 0.604. The van der Waals surface area contributed by atoms with Gasteiger partial charge in [0.15, 0.2) is 5.96 Å². The van der Waals surface area contributed by atoms with Gasteiger partial charge in [-0.3, -0.25) is 0 Å². The third kappa shape index (κ3) is 5.13. The van der Waals surface area contributed by atoms with E-state index in [1.165, 1.54) is 5.56 Å². The molecule has 0 radical (unpaired) electrons. The zero-order valence-electron chi connectivity index (χ0n) is 14.8. The first-order valence-corrected chi connectivity index (χ1v) is 8.34. The molecule has 0 saturated carbocycles. The van der Waals surface area contributed by atoms with E-state index in [0.29, 0.717) is 12.5 Å². The Kier molecular flexibility index (Phi) is 6.71. The lowest BCUT2D eigenvalue weighted by molar-refractivity contribution is 0.181. The maximum absolute atomic E-state index is 5.46. The van der Waals surface area contributed by atoms with Crippen LogP contribution in [0.15, 0.2) is 23.2 Å². The number of aliphatic imine (C=N–C) groups is 1. The molecule has 1 heterocycles. The molecule has 1 fully saturated rings. The summed E-state index contributed by atoms with van der Waals surface area (Å²) >= 11 is 0. The van der Waals surface area contributed by atoms with Gasteiger partial charge in [0.25, 0.3) is 0 Å². The molecule has 5 heteroatoms. The van der Waals surface area contributed by atoms with E-state index in [9.17, 15) is 0 Å². The van der Waals surface area contributed by atoms with Crippen molar-refractivity contribution in [3.8, 4) is 5.75 Å². The number of hydrogen-bond acceptors (Lipinski definition) is 3. The van der Waals surface area contributed by atoms with Crippen LogP contribution >= 0.6 is 0 Å². The van der Waals surface area contributed by atoms with Crippen molar-refractivity contribution in [1.29, 1.82) is 0 Å². The Bertz CT molecular complexity index is 525. The van der Waals surface area contributed by atoms with E-state index >= 15 is 0 Å². The molecule has 128 valence electrons. The van der Waals surface area contributed by atoms with Crippen LogP contribution in [-0.4, -0.2) is 51.3 Å². The summed E-state index contributed by atoms with van der Waals surface area (Å²) in [7, 11) is 3.80. The molecular weight excluding hydrogens is 290 g/mol. The van der Waals surface area contributed by atoms with Crippen molar-refractivity contribution >= 4 is 5.96 Å². The van der Waals surface area contributed by atoms with Crippen LogP contribution in [0.4, 0.5) is 0 Å². The van der Waals surface area contributed by atoms with E-state index < -0.39 is 0 Å². The summed E-state index contributed by atoms with van der Waals surface area (Å²) in [4.78, 5) is 6.98. The molecule has 1 aliphatic rings. The van der Waals surface area contributed by atoms with Crippen LogP contribution in [0.3, 0.4) is 0 Å². The lowest BCUT2D eigenvalue weighted by Crippen LogP contribution is -2.41. The van der Waals surface area contributed by atoms with Crippen molar-refractivity contribution in [3.05, 3.63) is 29.3 Å². The minimum atomic E-state index is 0.604. The van der Waals surface area contributed by atoms with Crippen LogP contribution in [-0.2, 0) is 11.3 Å². The van der Waals surface area contributed by atoms with E-state index in [-0.39, 0.29) is 0 Å². The Morgan fingerprint density at radius 1 is 1.48 bits per heavy atom. The molecule has 0 aliphatic carbocycles. The van der Waals surface area contributed by atoms with Crippen LogP contribution in [0, 0.1) is 12.8 Å². The molecule has 1 unspecified atom stereocenters. The predicted molar refractivity (Wildman–Crippen MR) is 94.1 cm³/mol. The number of methoxy groups -OCH3 is 1. The average molecular weight is 319 g/mol. The number of hydrogen-bond donors (Lipinski definition) is 1. The van der Waals surface area contributed by atoms with Gasteiger partial charge in [0.05, 0.1) is 20.3 Å². The van der Waals surface area contributed by atoms with Crippen molar-refractivity contribution in [2.75, 3.05) is 40.5 Å². The van der Waals surface area contributed by atoms with Crippen molar-refractivity contribution in [2.24, 2.45) is 10.9 Å². The fraction of sp³-hybridized carbons (Fsp3) is 0.611. The van der Waals surface area contributed by atoms with Crippen LogP contribution in [0.25, 0.3) is 0 Å². The third-order valence-electron chi connectivity index (χ3n) is 4.12. The minimum Gasteiger partial charge on any atom is -0.496 e. The molecule has 1 N–H and O–H groups in total. The molecule has 5 nitrogen and oxygen atoms in total. The van der Waals surface area contributed by atoms with Gasteiger partial charge < -0.3 is 19.7 Å². The zero-order valence-corrected chi connectivity index (χ0v) is 14.8. The zero-order chi connectivity index (χ0) is 16.7. The first-order valence-electron chi connectivity index (χ1n) is 8.34. The van der Waals surface area contributed by atoms with Gasteiger partial charge in [-0.2, -0.15) is 0 Å². The van der Waals surface area contributed by atoms with Gasteiger partial charge in [0, 0.05) is 32.7 Å². The molecule has 0 spiro atoms. The van der Waals surface area contributed by atoms with E-state index in [0.717, 1.165) is 50.0 Å². The number of nitrogens with one attached hydrogen (secondary N) is 1. The molecule has 1 saturated heterocycles. The van der Waals surface area contributed by atoms with Crippen LogP contribution in [0.1, 0.15) is 24.5 Å². The average Bonchev–Trinajstić information content (AvgIpc) is 3.04. The van der Waals surface area contributed by atoms with E-state index in [4.69, 9.17) is 14.5 Å². The first kappa shape index (κ1) is 17.6. The summed E-state index contributed by atoms with van der Waals surface area (Å²) in [5, 5.41) is 3.37. The number of guanidine groups is 1. The summed E-state index contributed by atoms with van der Waals surface area (Å²) in [6.07, 6.45) is 1.14. The van der Waals surface area contributed by atoms with Gasteiger partial charge in [-0.05, 0) is 37.5 Å². The van der Waals surface area contributed by atoms with Gasteiger partial charge in [-0.25, -0.2) is 4.99 Å². The van der Waals surface area contributed by atoms with Gasteiger partial charge in [0.2, 0.25) is 0 Å². The summed E-state index contributed by atoms with van der Waals surface area (Å²) in [6.45, 7) is 8.42. The highest BCUT2D eigenvalue weighted by Gasteiger charge is 2.19. The second-order valence-corrected chi connectivity index (χ2v) is 6.08. The maximum atomic E-state index is 5.46. The number of nitrogens with zero attached hydrogens (tertiary/aromatic N) is 2. The smallest absolute Gasteiger partial charge is 0.193 e.